The summed E-state index contributed by atoms with van der Waals surface area (Å²) in [4.78, 5) is 16.3. The summed E-state index contributed by atoms with van der Waals surface area (Å²) in [6.45, 7) is 0. The summed E-state index contributed by atoms with van der Waals surface area (Å²) >= 11 is 0. The Morgan fingerprint density at radius 3 is 2.54 bits per heavy atom. The lowest BCUT2D eigenvalue weighted by molar-refractivity contribution is -0.115. The average Bonchev–Trinajstić information content (AvgIpc) is 3.02. The van der Waals surface area contributed by atoms with Gasteiger partial charge in [-0.2, -0.15) is 10.4 Å². The van der Waals surface area contributed by atoms with Crippen molar-refractivity contribution in [1.82, 2.24) is 14.8 Å². The molecule has 0 fully saturated rings. The van der Waals surface area contributed by atoms with E-state index in [1.165, 1.54) is 0 Å². The third kappa shape index (κ3) is 3.65. The second kappa shape index (κ2) is 6.75. The number of benzene rings is 1. The molecule has 3 aromatic rings. The molecule has 0 bridgehead atoms. The molecule has 0 atom stereocenters. The minimum atomic E-state index is -0.152. The van der Waals surface area contributed by atoms with E-state index < -0.39 is 0 Å². The number of nitrogens with zero attached hydrogens (tertiary/aromatic N) is 4. The van der Waals surface area contributed by atoms with Crippen LogP contribution in [0.4, 0.5) is 5.82 Å². The lowest BCUT2D eigenvalue weighted by Gasteiger charge is -2.05. The third-order valence-corrected chi connectivity index (χ3v) is 3.52. The van der Waals surface area contributed by atoms with E-state index in [1.807, 2.05) is 19.3 Å². The van der Waals surface area contributed by atoms with Crippen LogP contribution >= 0.6 is 0 Å². The summed E-state index contributed by atoms with van der Waals surface area (Å²) in [6.07, 6.45) is 5.60. The van der Waals surface area contributed by atoms with Crippen LogP contribution in [0.5, 0.6) is 0 Å². The summed E-state index contributed by atoms with van der Waals surface area (Å²) in [5.74, 6) is 0.350. The number of hydrogen-bond acceptors (Lipinski definition) is 4. The van der Waals surface area contributed by atoms with Gasteiger partial charge in [-0.3, -0.25) is 9.48 Å². The summed E-state index contributed by atoms with van der Waals surface area (Å²) in [6, 6.07) is 12.6. The van der Waals surface area contributed by atoms with Gasteiger partial charge in [-0.05, 0) is 29.8 Å². The molecule has 24 heavy (non-hydrogen) atoms. The molecule has 0 saturated carbocycles. The Kier molecular flexibility index (Phi) is 4.34. The zero-order chi connectivity index (χ0) is 16.9. The van der Waals surface area contributed by atoms with Gasteiger partial charge in [-0.1, -0.05) is 12.1 Å². The first kappa shape index (κ1) is 15.4. The molecule has 0 aliphatic carbocycles. The molecule has 6 nitrogen and oxygen atoms in total. The van der Waals surface area contributed by atoms with Crippen molar-refractivity contribution in [3.05, 3.63) is 66.1 Å². The fourth-order valence-corrected chi connectivity index (χ4v) is 2.28. The van der Waals surface area contributed by atoms with Crippen molar-refractivity contribution in [2.75, 3.05) is 5.32 Å². The van der Waals surface area contributed by atoms with Crippen molar-refractivity contribution in [3.63, 3.8) is 0 Å². The minimum Gasteiger partial charge on any atom is -0.310 e. The van der Waals surface area contributed by atoms with Gasteiger partial charge in [-0.15, -0.1) is 0 Å². The lowest BCUT2D eigenvalue weighted by atomic mass is 10.1. The maximum absolute atomic E-state index is 12.1. The maximum atomic E-state index is 12.1. The number of carbonyl (C=O) groups is 1. The normalized spacial score (nSPS) is 10.2. The molecule has 118 valence electrons. The van der Waals surface area contributed by atoms with E-state index in [4.69, 9.17) is 5.26 Å². The molecule has 6 heteroatoms. The van der Waals surface area contributed by atoms with Gasteiger partial charge in [0.2, 0.25) is 5.91 Å². The van der Waals surface area contributed by atoms with E-state index in [9.17, 15) is 4.79 Å². The molecule has 0 aliphatic heterocycles. The highest BCUT2D eigenvalue weighted by atomic mass is 16.1. The van der Waals surface area contributed by atoms with E-state index in [0.29, 0.717) is 11.4 Å². The Bertz CT molecular complexity index is 888. The highest BCUT2D eigenvalue weighted by Crippen LogP contribution is 2.18. The number of carbonyl (C=O) groups excluding carboxylic acids is 1. The van der Waals surface area contributed by atoms with Crippen LogP contribution in [0.2, 0.25) is 0 Å². The summed E-state index contributed by atoms with van der Waals surface area (Å²) in [5, 5.41) is 15.7. The number of nitriles is 1. The number of pyridine rings is 1. The van der Waals surface area contributed by atoms with E-state index in [0.717, 1.165) is 16.7 Å². The standard InChI is InChI=1S/C18H15N5O/c1-23-12-16(11-21-23)15-6-7-17(20-10-15)22-18(24)8-13-2-4-14(9-19)5-3-13/h2-7,10-12H,8H2,1H3,(H,20,22,24). The molecule has 1 aromatic carbocycles. The van der Waals surface area contributed by atoms with Crippen molar-refractivity contribution in [2.45, 2.75) is 6.42 Å². The number of nitrogens with one attached hydrogen (secondary N) is 1. The molecule has 0 aliphatic rings. The van der Waals surface area contributed by atoms with Crippen molar-refractivity contribution in [1.29, 1.82) is 5.26 Å². The molecular formula is C18H15N5O. The first-order valence-corrected chi connectivity index (χ1v) is 7.38. The summed E-state index contributed by atoms with van der Waals surface area (Å²) < 4.78 is 1.72. The van der Waals surface area contributed by atoms with Crippen LogP contribution in [0.15, 0.2) is 55.0 Å². The Hall–Kier alpha value is -3.46. The predicted octanol–water partition coefficient (Wildman–Crippen LogP) is 2.53. The predicted molar refractivity (Wildman–Crippen MR) is 89.9 cm³/mol. The van der Waals surface area contributed by atoms with Gasteiger partial charge >= 0.3 is 0 Å². The topological polar surface area (TPSA) is 83.6 Å². The first-order valence-electron chi connectivity index (χ1n) is 7.38. The van der Waals surface area contributed by atoms with Gasteiger partial charge in [0.25, 0.3) is 0 Å². The first-order chi connectivity index (χ1) is 11.6. The highest BCUT2D eigenvalue weighted by Gasteiger charge is 2.06. The number of hydrogen-bond donors (Lipinski definition) is 1. The average molecular weight is 317 g/mol. The quantitative estimate of drug-likeness (QED) is 0.801. The third-order valence-electron chi connectivity index (χ3n) is 3.52. The van der Waals surface area contributed by atoms with Gasteiger partial charge in [0.15, 0.2) is 0 Å². The van der Waals surface area contributed by atoms with E-state index >= 15 is 0 Å². The summed E-state index contributed by atoms with van der Waals surface area (Å²) in [5.41, 5.74) is 3.33. The van der Waals surface area contributed by atoms with Crippen molar-refractivity contribution in [2.24, 2.45) is 7.05 Å². The Labute approximate surface area is 139 Å². The molecule has 1 N–H and O–H groups in total. The largest absolute Gasteiger partial charge is 0.310 e. The number of aryl methyl sites for hydroxylation is 1. The highest BCUT2D eigenvalue weighted by molar-refractivity contribution is 5.91. The van der Waals surface area contributed by atoms with Crippen LogP contribution in [-0.4, -0.2) is 20.7 Å². The fourth-order valence-electron chi connectivity index (χ4n) is 2.28. The second-order valence-electron chi connectivity index (χ2n) is 5.37. The maximum Gasteiger partial charge on any atom is 0.229 e. The van der Waals surface area contributed by atoms with Crippen LogP contribution in [0.1, 0.15) is 11.1 Å². The lowest BCUT2D eigenvalue weighted by Crippen LogP contribution is -2.15. The van der Waals surface area contributed by atoms with Crippen LogP contribution in [-0.2, 0) is 18.3 Å². The van der Waals surface area contributed by atoms with Crippen LogP contribution in [0.25, 0.3) is 11.1 Å². The van der Waals surface area contributed by atoms with Crippen LogP contribution in [0.3, 0.4) is 0 Å². The molecule has 2 heterocycles. The Balaban J connectivity index is 1.62. The molecule has 0 radical (unpaired) electrons. The van der Waals surface area contributed by atoms with Gasteiger partial charge < -0.3 is 5.32 Å². The molecule has 3 rings (SSSR count). The minimum absolute atomic E-state index is 0.152. The van der Waals surface area contributed by atoms with E-state index in [1.54, 1.807) is 47.4 Å². The smallest absolute Gasteiger partial charge is 0.229 e. The number of aromatic nitrogens is 3. The van der Waals surface area contributed by atoms with Crippen LogP contribution < -0.4 is 5.32 Å². The van der Waals surface area contributed by atoms with E-state index in [-0.39, 0.29) is 12.3 Å². The molecule has 2 aromatic heterocycles. The second-order valence-corrected chi connectivity index (χ2v) is 5.37. The SMILES string of the molecule is Cn1cc(-c2ccc(NC(=O)Cc3ccc(C#N)cc3)nc2)cn1. The number of anilines is 1. The number of rotatable bonds is 4. The van der Waals surface area contributed by atoms with Gasteiger partial charge in [-0.25, -0.2) is 4.98 Å². The molecule has 0 unspecified atom stereocenters. The molecular weight excluding hydrogens is 302 g/mol. The van der Waals surface area contributed by atoms with Crippen molar-refractivity contribution < 1.29 is 4.79 Å². The monoisotopic (exact) mass is 317 g/mol. The van der Waals surface area contributed by atoms with Crippen LogP contribution in [0, 0.1) is 11.3 Å². The van der Waals surface area contributed by atoms with Gasteiger partial charge in [0.1, 0.15) is 5.82 Å². The Morgan fingerprint density at radius 2 is 1.96 bits per heavy atom. The van der Waals surface area contributed by atoms with Crippen molar-refractivity contribution in [3.8, 4) is 17.2 Å². The molecule has 0 spiro atoms. The molecule has 0 saturated heterocycles. The Morgan fingerprint density at radius 1 is 1.17 bits per heavy atom. The molecule has 1 amide bonds. The summed E-state index contributed by atoms with van der Waals surface area (Å²) in [7, 11) is 1.86. The zero-order valence-corrected chi connectivity index (χ0v) is 13.1. The fraction of sp³-hybridized carbons (Fsp3) is 0.111. The van der Waals surface area contributed by atoms with Crippen molar-refractivity contribution >= 4 is 11.7 Å². The van der Waals surface area contributed by atoms with Gasteiger partial charge in [0, 0.05) is 30.6 Å². The zero-order valence-electron chi connectivity index (χ0n) is 13.1. The number of amides is 1. The van der Waals surface area contributed by atoms with E-state index in [2.05, 4.69) is 21.5 Å². The van der Waals surface area contributed by atoms with Gasteiger partial charge in [0.05, 0.1) is 24.3 Å².